The minimum atomic E-state index is -0.266. The Morgan fingerprint density at radius 3 is 2.87 bits per heavy atom. The highest BCUT2D eigenvalue weighted by Crippen LogP contribution is 2.19. The van der Waals surface area contributed by atoms with Crippen LogP contribution in [0.5, 0.6) is 0 Å². The summed E-state index contributed by atoms with van der Waals surface area (Å²) in [6.45, 7) is 2.50. The van der Waals surface area contributed by atoms with Gasteiger partial charge in [-0.2, -0.15) is 0 Å². The SMILES string of the molecule is CNCCC#Cc1cc(F)c(C)cc1Cl. The maximum atomic E-state index is 13.2. The third-order valence-corrected chi connectivity index (χ3v) is 2.28. The van der Waals surface area contributed by atoms with Gasteiger partial charge in [-0.1, -0.05) is 23.4 Å². The van der Waals surface area contributed by atoms with Crippen LogP contribution in [0, 0.1) is 24.6 Å². The standard InChI is InChI=1S/C12H13ClFN/c1-9-7-11(13)10(8-12(9)14)5-3-4-6-15-2/h7-8,15H,4,6H2,1-2H3. The maximum Gasteiger partial charge on any atom is 0.127 e. The minimum absolute atomic E-state index is 0.266. The summed E-state index contributed by atoms with van der Waals surface area (Å²) in [5, 5.41) is 3.48. The van der Waals surface area contributed by atoms with Gasteiger partial charge in [0.05, 0.1) is 5.02 Å². The lowest BCUT2D eigenvalue weighted by Crippen LogP contribution is -2.05. The molecule has 1 N–H and O–H groups in total. The number of hydrogen-bond donors (Lipinski definition) is 1. The zero-order chi connectivity index (χ0) is 11.3. The quantitative estimate of drug-likeness (QED) is 0.603. The molecule has 1 aromatic carbocycles. The average molecular weight is 226 g/mol. The molecule has 0 amide bonds. The number of aryl methyl sites for hydroxylation is 1. The predicted octanol–water partition coefficient (Wildman–Crippen LogP) is 2.75. The van der Waals surface area contributed by atoms with Crippen molar-refractivity contribution in [3.8, 4) is 11.8 Å². The molecule has 0 fully saturated rings. The van der Waals surface area contributed by atoms with E-state index in [9.17, 15) is 4.39 Å². The first-order chi connectivity index (χ1) is 7.15. The zero-order valence-electron chi connectivity index (χ0n) is 8.82. The molecule has 0 bridgehead atoms. The Kier molecular flexibility index (Phi) is 4.61. The number of halogens is 2. The van der Waals surface area contributed by atoms with Gasteiger partial charge in [-0.3, -0.25) is 0 Å². The third kappa shape index (κ3) is 3.54. The molecule has 0 heterocycles. The van der Waals surface area contributed by atoms with Gasteiger partial charge in [0.2, 0.25) is 0 Å². The zero-order valence-corrected chi connectivity index (χ0v) is 9.58. The van der Waals surface area contributed by atoms with E-state index in [1.807, 2.05) is 7.05 Å². The van der Waals surface area contributed by atoms with E-state index in [1.54, 1.807) is 13.0 Å². The summed E-state index contributed by atoms with van der Waals surface area (Å²) in [6, 6.07) is 2.98. The average Bonchev–Trinajstić information content (AvgIpc) is 2.20. The lowest BCUT2D eigenvalue weighted by atomic mass is 10.1. The third-order valence-electron chi connectivity index (χ3n) is 1.97. The molecule has 0 aliphatic heterocycles. The van der Waals surface area contributed by atoms with Crippen LogP contribution in [0.1, 0.15) is 17.5 Å². The molecule has 0 aliphatic carbocycles. The molecule has 1 rings (SSSR count). The van der Waals surface area contributed by atoms with E-state index in [0.717, 1.165) is 13.0 Å². The number of hydrogen-bond acceptors (Lipinski definition) is 1. The predicted molar refractivity (Wildman–Crippen MR) is 61.6 cm³/mol. The molecule has 0 aromatic heterocycles. The first kappa shape index (κ1) is 12.0. The van der Waals surface area contributed by atoms with Crippen LogP contribution >= 0.6 is 11.6 Å². The summed E-state index contributed by atoms with van der Waals surface area (Å²) in [7, 11) is 1.86. The van der Waals surface area contributed by atoms with Crippen LogP contribution < -0.4 is 5.32 Å². The van der Waals surface area contributed by atoms with Crippen LogP contribution in [0.3, 0.4) is 0 Å². The van der Waals surface area contributed by atoms with Gasteiger partial charge in [0.1, 0.15) is 5.82 Å². The number of benzene rings is 1. The molecule has 0 atom stereocenters. The fourth-order valence-electron chi connectivity index (χ4n) is 1.09. The van der Waals surface area contributed by atoms with Crippen LogP contribution in [0.4, 0.5) is 4.39 Å². The smallest absolute Gasteiger partial charge is 0.127 e. The van der Waals surface area contributed by atoms with Crippen molar-refractivity contribution >= 4 is 11.6 Å². The fourth-order valence-corrected chi connectivity index (χ4v) is 1.35. The molecule has 0 spiro atoms. The highest BCUT2D eigenvalue weighted by Gasteiger charge is 2.02. The Bertz CT molecular complexity index is 404. The van der Waals surface area contributed by atoms with Crippen LogP contribution in [-0.2, 0) is 0 Å². The summed E-state index contributed by atoms with van der Waals surface area (Å²) < 4.78 is 13.2. The van der Waals surface area contributed by atoms with Crippen molar-refractivity contribution in [3.63, 3.8) is 0 Å². The number of rotatable bonds is 2. The fraction of sp³-hybridized carbons (Fsp3) is 0.333. The van der Waals surface area contributed by atoms with Gasteiger partial charge in [0.25, 0.3) is 0 Å². The monoisotopic (exact) mass is 225 g/mol. The first-order valence-electron chi connectivity index (χ1n) is 4.74. The first-order valence-corrected chi connectivity index (χ1v) is 5.12. The van der Waals surface area contributed by atoms with Crippen molar-refractivity contribution in [1.29, 1.82) is 0 Å². The Morgan fingerprint density at radius 1 is 1.47 bits per heavy atom. The van der Waals surface area contributed by atoms with Gasteiger partial charge in [-0.25, -0.2) is 4.39 Å². The summed E-state index contributed by atoms with van der Waals surface area (Å²) >= 11 is 5.93. The second-order valence-corrected chi connectivity index (χ2v) is 3.64. The van der Waals surface area contributed by atoms with Crippen LogP contribution in [0.25, 0.3) is 0 Å². The summed E-state index contributed by atoms with van der Waals surface area (Å²) in [6.07, 6.45) is 0.725. The lowest BCUT2D eigenvalue weighted by molar-refractivity contribution is 0.618. The van der Waals surface area contributed by atoms with Crippen molar-refractivity contribution in [3.05, 3.63) is 34.1 Å². The molecule has 0 unspecified atom stereocenters. The summed E-state index contributed by atoms with van der Waals surface area (Å²) in [5.41, 5.74) is 1.09. The minimum Gasteiger partial charge on any atom is -0.319 e. The second kappa shape index (κ2) is 5.75. The van der Waals surface area contributed by atoms with Crippen molar-refractivity contribution in [2.75, 3.05) is 13.6 Å². The van der Waals surface area contributed by atoms with E-state index in [4.69, 9.17) is 11.6 Å². The molecule has 1 nitrogen and oxygen atoms in total. The van der Waals surface area contributed by atoms with Gasteiger partial charge in [0.15, 0.2) is 0 Å². The van der Waals surface area contributed by atoms with E-state index in [1.165, 1.54) is 6.07 Å². The van der Waals surface area contributed by atoms with Crippen LogP contribution in [-0.4, -0.2) is 13.6 Å². The summed E-state index contributed by atoms with van der Waals surface area (Å²) in [4.78, 5) is 0. The Morgan fingerprint density at radius 2 is 2.20 bits per heavy atom. The molecular formula is C12H13ClFN. The molecular weight excluding hydrogens is 213 g/mol. The van der Waals surface area contributed by atoms with E-state index >= 15 is 0 Å². The van der Waals surface area contributed by atoms with Gasteiger partial charge in [-0.15, -0.1) is 0 Å². The van der Waals surface area contributed by atoms with E-state index in [2.05, 4.69) is 17.2 Å². The lowest BCUT2D eigenvalue weighted by Gasteiger charge is -1.99. The maximum absolute atomic E-state index is 13.2. The van der Waals surface area contributed by atoms with Crippen molar-refractivity contribution < 1.29 is 4.39 Å². The van der Waals surface area contributed by atoms with Gasteiger partial charge < -0.3 is 5.32 Å². The molecule has 0 saturated heterocycles. The van der Waals surface area contributed by atoms with E-state index in [0.29, 0.717) is 16.1 Å². The second-order valence-electron chi connectivity index (χ2n) is 3.24. The van der Waals surface area contributed by atoms with Crippen LogP contribution in [0.15, 0.2) is 12.1 Å². The largest absolute Gasteiger partial charge is 0.319 e. The van der Waals surface area contributed by atoms with E-state index in [-0.39, 0.29) is 5.82 Å². The van der Waals surface area contributed by atoms with Gasteiger partial charge in [0, 0.05) is 18.5 Å². The normalized spacial score (nSPS) is 9.60. The molecule has 0 radical (unpaired) electrons. The topological polar surface area (TPSA) is 12.0 Å². The van der Waals surface area contributed by atoms with Crippen LogP contribution in [0.2, 0.25) is 5.02 Å². The van der Waals surface area contributed by atoms with Gasteiger partial charge in [-0.05, 0) is 31.7 Å². The molecule has 0 aliphatic rings. The van der Waals surface area contributed by atoms with Crippen molar-refractivity contribution in [1.82, 2.24) is 5.32 Å². The highest BCUT2D eigenvalue weighted by molar-refractivity contribution is 6.31. The Labute approximate surface area is 94.6 Å². The van der Waals surface area contributed by atoms with Crippen molar-refractivity contribution in [2.45, 2.75) is 13.3 Å². The Hall–Kier alpha value is -1.04. The molecule has 15 heavy (non-hydrogen) atoms. The van der Waals surface area contributed by atoms with Crippen molar-refractivity contribution in [2.24, 2.45) is 0 Å². The van der Waals surface area contributed by atoms with Gasteiger partial charge >= 0.3 is 0 Å². The Balaban J connectivity index is 2.84. The molecule has 80 valence electrons. The molecule has 0 saturated carbocycles. The van der Waals surface area contributed by atoms with E-state index < -0.39 is 0 Å². The highest BCUT2D eigenvalue weighted by atomic mass is 35.5. The number of nitrogens with one attached hydrogen (secondary N) is 1. The molecule has 1 aromatic rings. The molecule has 3 heteroatoms. The summed E-state index contributed by atoms with van der Waals surface area (Å²) in [5.74, 6) is 5.51.